The number of carbonyl (C=O) groups is 1. The summed E-state index contributed by atoms with van der Waals surface area (Å²) in [7, 11) is 2.20. The number of Topliss-reactive ketones (excluding diaryl/α,β-unsaturated/α-hetero) is 1. The van der Waals surface area contributed by atoms with Crippen molar-refractivity contribution in [3.8, 4) is 0 Å². The Hall–Kier alpha value is -1.09. The van der Waals surface area contributed by atoms with Gasteiger partial charge in [0.05, 0.1) is 0 Å². The molecule has 0 spiro atoms. The van der Waals surface area contributed by atoms with Crippen LogP contribution in [0.3, 0.4) is 0 Å². The summed E-state index contributed by atoms with van der Waals surface area (Å²) in [5.41, 5.74) is 2.67. The molecule has 1 aromatic heterocycles. The average Bonchev–Trinajstić information content (AvgIpc) is 2.78. The monoisotopic (exact) mass is 260 g/mol. The van der Waals surface area contributed by atoms with Gasteiger partial charge in [0.15, 0.2) is 5.78 Å². The normalized spacial score (nSPS) is 23.4. The highest BCUT2D eigenvalue weighted by Gasteiger charge is 2.31. The van der Waals surface area contributed by atoms with E-state index in [1.54, 1.807) is 0 Å². The number of likely N-dealkylation sites (tertiary alicyclic amines) is 1. The van der Waals surface area contributed by atoms with Gasteiger partial charge in [0, 0.05) is 30.4 Å². The summed E-state index contributed by atoms with van der Waals surface area (Å²) < 4.78 is 2.36. The van der Waals surface area contributed by atoms with Crippen molar-refractivity contribution < 1.29 is 4.79 Å². The maximum absolute atomic E-state index is 11.9. The number of nitrogens with zero attached hydrogens (tertiary/aromatic N) is 2. The number of ketones is 1. The SMILES string of the molecule is CN1CCC(C)(Cn2ccc3c2CCCC3=O)CC1. The van der Waals surface area contributed by atoms with E-state index in [0.717, 1.165) is 31.4 Å². The van der Waals surface area contributed by atoms with Gasteiger partial charge in [-0.2, -0.15) is 0 Å². The van der Waals surface area contributed by atoms with E-state index in [1.807, 2.05) is 6.07 Å². The molecule has 3 rings (SSSR count). The molecule has 3 nitrogen and oxygen atoms in total. The molecule has 19 heavy (non-hydrogen) atoms. The summed E-state index contributed by atoms with van der Waals surface area (Å²) >= 11 is 0. The van der Waals surface area contributed by atoms with E-state index >= 15 is 0 Å². The molecule has 0 atom stereocenters. The third-order valence-corrected chi connectivity index (χ3v) is 4.94. The Morgan fingerprint density at radius 1 is 1.26 bits per heavy atom. The zero-order valence-electron chi connectivity index (χ0n) is 12.1. The third kappa shape index (κ3) is 2.48. The van der Waals surface area contributed by atoms with Crippen molar-refractivity contribution >= 4 is 5.78 Å². The Labute approximate surface area is 115 Å². The van der Waals surface area contributed by atoms with Crippen molar-refractivity contribution in [3.63, 3.8) is 0 Å². The van der Waals surface area contributed by atoms with E-state index in [-0.39, 0.29) is 0 Å². The molecule has 2 aliphatic rings. The van der Waals surface area contributed by atoms with Crippen LogP contribution >= 0.6 is 0 Å². The Kier molecular flexibility index (Phi) is 3.25. The van der Waals surface area contributed by atoms with Gasteiger partial charge in [-0.25, -0.2) is 0 Å². The maximum atomic E-state index is 11.9. The second kappa shape index (κ2) is 4.78. The van der Waals surface area contributed by atoms with Crippen molar-refractivity contribution in [2.75, 3.05) is 20.1 Å². The van der Waals surface area contributed by atoms with Crippen LogP contribution in [0.1, 0.15) is 48.7 Å². The number of hydrogen-bond donors (Lipinski definition) is 0. The van der Waals surface area contributed by atoms with Gasteiger partial charge in [-0.1, -0.05) is 6.92 Å². The molecule has 0 bridgehead atoms. The fourth-order valence-corrected chi connectivity index (χ4v) is 3.46. The second-order valence-electron chi connectivity index (χ2n) is 6.69. The molecule has 1 saturated heterocycles. The molecule has 1 aliphatic heterocycles. The van der Waals surface area contributed by atoms with Crippen LogP contribution in [0.15, 0.2) is 12.3 Å². The van der Waals surface area contributed by atoms with E-state index in [4.69, 9.17) is 0 Å². The van der Waals surface area contributed by atoms with E-state index in [0.29, 0.717) is 11.2 Å². The van der Waals surface area contributed by atoms with Gasteiger partial charge in [0.2, 0.25) is 0 Å². The molecule has 0 saturated carbocycles. The molecule has 0 N–H and O–H groups in total. The number of rotatable bonds is 2. The molecule has 0 amide bonds. The zero-order chi connectivity index (χ0) is 13.5. The van der Waals surface area contributed by atoms with Crippen LogP contribution in [0.2, 0.25) is 0 Å². The third-order valence-electron chi connectivity index (χ3n) is 4.94. The van der Waals surface area contributed by atoms with Gasteiger partial charge in [-0.15, -0.1) is 0 Å². The van der Waals surface area contributed by atoms with E-state index in [9.17, 15) is 4.79 Å². The summed E-state index contributed by atoms with van der Waals surface area (Å²) in [6, 6.07) is 2.04. The Bertz CT molecular complexity index is 481. The van der Waals surface area contributed by atoms with Gasteiger partial charge in [-0.05, 0) is 57.3 Å². The molecule has 104 valence electrons. The van der Waals surface area contributed by atoms with Crippen LogP contribution in [0.25, 0.3) is 0 Å². The lowest BCUT2D eigenvalue weighted by atomic mass is 9.80. The standard InChI is InChI=1S/C16H24N2O/c1-16(7-10-17(2)11-8-16)12-18-9-6-13-14(18)4-3-5-15(13)19/h6,9H,3-5,7-8,10-12H2,1-2H3. The summed E-state index contributed by atoms with van der Waals surface area (Å²) in [6.07, 6.45) is 7.48. The largest absolute Gasteiger partial charge is 0.350 e. The van der Waals surface area contributed by atoms with Crippen molar-refractivity contribution in [2.24, 2.45) is 5.41 Å². The fraction of sp³-hybridized carbons (Fsp3) is 0.688. The number of carbonyl (C=O) groups excluding carboxylic acids is 1. The quantitative estimate of drug-likeness (QED) is 0.817. The smallest absolute Gasteiger partial charge is 0.164 e. The second-order valence-corrected chi connectivity index (χ2v) is 6.69. The van der Waals surface area contributed by atoms with Crippen LogP contribution in [0.5, 0.6) is 0 Å². The first-order valence-electron chi connectivity index (χ1n) is 7.47. The van der Waals surface area contributed by atoms with Crippen LogP contribution < -0.4 is 0 Å². The summed E-state index contributed by atoms with van der Waals surface area (Å²) in [4.78, 5) is 14.3. The molecular weight excluding hydrogens is 236 g/mol. The number of fused-ring (bicyclic) bond motifs is 1. The van der Waals surface area contributed by atoms with Gasteiger partial charge < -0.3 is 9.47 Å². The van der Waals surface area contributed by atoms with Crippen molar-refractivity contribution in [2.45, 2.75) is 45.6 Å². The van der Waals surface area contributed by atoms with Gasteiger partial charge in [0.1, 0.15) is 0 Å². The highest BCUT2D eigenvalue weighted by atomic mass is 16.1. The number of hydrogen-bond acceptors (Lipinski definition) is 2. The topological polar surface area (TPSA) is 25.2 Å². The highest BCUT2D eigenvalue weighted by Crippen LogP contribution is 2.34. The average molecular weight is 260 g/mol. The molecule has 0 aromatic carbocycles. The minimum absolute atomic E-state index is 0.341. The first-order valence-corrected chi connectivity index (χ1v) is 7.47. The molecule has 2 heterocycles. The van der Waals surface area contributed by atoms with Crippen LogP contribution in [0, 0.1) is 5.41 Å². The lowest BCUT2D eigenvalue weighted by Gasteiger charge is -2.38. The van der Waals surface area contributed by atoms with Gasteiger partial charge in [-0.3, -0.25) is 4.79 Å². The molecule has 1 aromatic rings. The number of aromatic nitrogens is 1. The lowest BCUT2D eigenvalue weighted by Crippen LogP contribution is -2.38. The van der Waals surface area contributed by atoms with Gasteiger partial charge >= 0.3 is 0 Å². The molecule has 1 aliphatic carbocycles. The van der Waals surface area contributed by atoms with Crippen molar-refractivity contribution in [1.82, 2.24) is 9.47 Å². The summed E-state index contributed by atoms with van der Waals surface area (Å²) in [6.45, 7) is 5.86. The Balaban J connectivity index is 1.79. The Morgan fingerprint density at radius 3 is 2.74 bits per heavy atom. The van der Waals surface area contributed by atoms with Crippen LogP contribution in [-0.2, 0) is 13.0 Å². The predicted molar refractivity (Wildman–Crippen MR) is 76.5 cm³/mol. The Morgan fingerprint density at radius 2 is 2.00 bits per heavy atom. The van der Waals surface area contributed by atoms with E-state index in [1.165, 1.54) is 31.6 Å². The lowest BCUT2D eigenvalue weighted by molar-refractivity contribution is 0.0968. The molecule has 0 radical (unpaired) electrons. The predicted octanol–water partition coefficient (Wildman–Crippen LogP) is 2.74. The first kappa shape index (κ1) is 12.9. The molecule has 3 heteroatoms. The van der Waals surface area contributed by atoms with Crippen molar-refractivity contribution in [1.29, 1.82) is 0 Å². The zero-order valence-corrected chi connectivity index (χ0v) is 12.1. The highest BCUT2D eigenvalue weighted by molar-refractivity contribution is 5.98. The molecule has 0 unspecified atom stereocenters. The first-order chi connectivity index (χ1) is 9.07. The van der Waals surface area contributed by atoms with Crippen molar-refractivity contribution in [3.05, 3.63) is 23.5 Å². The van der Waals surface area contributed by atoms with Gasteiger partial charge in [0.25, 0.3) is 0 Å². The van der Waals surface area contributed by atoms with Crippen LogP contribution in [-0.4, -0.2) is 35.4 Å². The minimum atomic E-state index is 0.341. The minimum Gasteiger partial charge on any atom is -0.350 e. The van der Waals surface area contributed by atoms with E-state index in [2.05, 4.69) is 29.6 Å². The fourth-order valence-electron chi connectivity index (χ4n) is 3.46. The maximum Gasteiger partial charge on any atom is 0.164 e. The van der Waals surface area contributed by atoms with Crippen LogP contribution in [0.4, 0.5) is 0 Å². The molecular formula is C16H24N2O. The number of piperidine rings is 1. The summed E-state index contributed by atoms with van der Waals surface area (Å²) in [5, 5.41) is 0. The van der Waals surface area contributed by atoms with E-state index < -0.39 is 0 Å². The molecule has 1 fully saturated rings. The summed E-state index contributed by atoms with van der Waals surface area (Å²) in [5.74, 6) is 0.341.